The maximum absolute atomic E-state index is 12.6. The Balaban J connectivity index is 0.00000272. The first-order valence-corrected chi connectivity index (χ1v) is 11.5. The number of hydrogen-bond acceptors (Lipinski definition) is 5. The lowest BCUT2D eigenvalue weighted by Gasteiger charge is -2.35. The summed E-state index contributed by atoms with van der Waals surface area (Å²) in [4.78, 5) is 6.46. The van der Waals surface area contributed by atoms with Crippen LogP contribution in [0.5, 0.6) is 0 Å². The van der Waals surface area contributed by atoms with Crippen LogP contribution in [0.15, 0.2) is 64.3 Å². The Morgan fingerprint density at radius 3 is 2.52 bits per heavy atom. The van der Waals surface area contributed by atoms with Gasteiger partial charge in [-0.05, 0) is 22.4 Å². The van der Waals surface area contributed by atoms with E-state index in [1.54, 1.807) is 13.1 Å². The summed E-state index contributed by atoms with van der Waals surface area (Å²) in [5, 5.41) is 9.52. The van der Waals surface area contributed by atoms with E-state index in [9.17, 15) is 8.42 Å². The molecule has 0 unspecified atom stereocenters. The van der Waals surface area contributed by atoms with Gasteiger partial charge < -0.3 is 14.7 Å². The Bertz CT molecular complexity index is 1130. The van der Waals surface area contributed by atoms with Crippen LogP contribution in [-0.4, -0.2) is 62.0 Å². The highest BCUT2D eigenvalue weighted by atomic mass is 127. The molecule has 3 aromatic rings. The average Bonchev–Trinajstić information content (AvgIpc) is 3.27. The van der Waals surface area contributed by atoms with Gasteiger partial charge in [-0.25, -0.2) is 8.42 Å². The number of hydrogen-bond donors (Lipinski definition) is 1. The Labute approximate surface area is 199 Å². The zero-order valence-corrected chi connectivity index (χ0v) is 20.4. The zero-order valence-electron chi connectivity index (χ0n) is 17.3. The number of benzene rings is 2. The minimum absolute atomic E-state index is 0. The Kier molecular flexibility index (Phi) is 7.89. The molecule has 0 aliphatic carbocycles. The molecule has 8 nitrogen and oxygen atoms in total. The minimum Gasteiger partial charge on any atom is -0.364 e. The van der Waals surface area contributed by atoms with Crippen molar-refractivity contribution in [3.8, 4) is 0 Å². The molecule has 0 spiro atoms. The molecule has 0 amide bonds. The summed E-state index contributed by atoms with van der Waals surface area (Å²) in [6.07, 6.45) is 1.38. The number of guanidine groups is 1. The van der Waals surface area contributed by atoms with Crippen LogP contribution >= 0.6 is 24.0 Å². The van der Waals surface area contributed by atoms with E-state index in [0.717, 1.165) is 5.96 Å². The van der Waals surface area contributed by atoms with Crippen LogP contribution in [0.25, 0.3) is 10.8 Å². The SMILES string of the molecule is CN=C(NCc1ccc2ccccc2c1)N1CCN(S(=O)(=O)Cc2ccon2)CC1.I. The number of aliphatic imine (C=N–C) groups is 1. The fraction of sp³-hybridized carbons (Fsp3) is 0.333. The van der Waals surface area contributed by atoms with Gasteiger partial charge in [-0.2, -0.15) is 4.31 Å². The van der Waals surface area contributed by atoms with Crippen LogP contribution in [-0.2, 0) is 22.3 Å². The van der Waals surface area contributed by atoms with E-state index in [0.29, 0.717) is 38.4 Å². The summed E-state index contributed by atoms with van der Waals surface area (Å²) < 4.78 is 31.4. The van der Waals surface area contributed by atoms with Crippen molar-refractivity contribution >= 4 is 50.7 Å². The van der Waals surface area contributed by atoms with Crippen molar-refractivity contribution in [2.75, 3.05) is 33.2 Å². The summed E-state index contributed by atoms with van der Waals surface area (Å²) in [5.74, 6) is 0.634. The van der Waals surface area contributed by atoms with Gasteiger partial charge in [0.2, 0.25) is 10.0 Å². The number of rotatable bonds is 5. The average molecular weight is 555 g/mol. The summed E-state index contributed by atoms with van der Waals surface area (Å²) in [7, 11) is -1.67. The van der Waals surface area contributed by atoms with Crippen molar-refractivity contribution in [1.82, 2.24) is 19.7 Å². The highest BCUT2D eigenvalue weighted by Gasteiger charge is 2.28. The van der Waals surface area contributed by atoms with Crippen LogP contribution in [0.1, 0.15) is 11.3 Å². The highest BCUT2D eigenvalue weighted by Crippen LogP contribution is 2.16. The smallest absolute Gasteiger partial charge is 0.220 e. The van der Waals surface area contributed by atoms with Gasteiger partial charge in [0.05, 0.1) is 5.69 Å². The molecule has 2 heterocycles. The monoisotopic (exact) mass is 555 g/mol. The third-order valence-corrected chi connectivity index (χ3v) is 7.04. The number of piperazine rings is 1. The van der Waals surface area contributed by atoms with Gasteiger partial charge in [0.15, 0.2) is 5.96 Å². The van der Waals surface area contributed by atoms with Gasteiger partial charge in [-0.1, -0.05) is 41.6 Å². The third kappa shape index (κ3) is 5.74. The lowest BCUT2D eigenvalue weighted by Crippen LogP contribution is -2.53. The molecule has 10 heteroatoms. The number of aromatic nitrogens is 1. The molecule has 0 bridgehead atoms. The van der Waals surface area contributed by atoms with Gasteiger partial charge in [0.25, 0.3) is 0 Å². The van der Waals surface area contributed by atoms with Crippen molar-refractivity contribution in [2.45, 2.75) is 12.3 Å². The molecular weight excluding hydrogens is 529 g/mol. The maximum atomic E-state index is 12.6. The first kappa shape index (κ1) is 23.5. The van der Waals surface area contributed by atoms with Crippen LogP contribution in [0.2, 0.25) is 0 Å². The second-order valence-electron chi connectivity index (χ2n) is 7.22. The predicted octanol–water partition coefficient (Wildman–Crippen LogP) is 2.67. The van der Waals surface area contributed by atoms with Crippen LogP contribution in [0, 0.1) is 0 Å². The van der Waals surface area contributed by atoms with E-state index in [-0.39, 0.29) is 29.7 Å². The van der Waals surface area contributed by atoms with Crippen LogP contribution in [0.4, 0.5) is 0 Å². The zero-order chi connectivity index (χ0) is 21.0. The second-order valence-corrected chi connectivity index (χ2v) is 9.18. The lowest BCUT2D eigenvalue weighted by molar-refractivity contribution is 0.259. The molecule has 1 saturated heterocycles. The minimum atomic E-state index is -3.41. The van der Waals surface area contributed by atoms with Gasteiger partial charge in [-0.3, -0.25) is 4.99 Å². The van der Waals surface area contributed by atoms with Crippen molar-refractivity contribution in [3.63, 3.8) is 0 Å². The molecule has 0 atom stereocenters. The molecule has 0 saturated carbocycles. The molecular formula is C21H26IN5O3S. The third-order valence-electron chi connectivity index (χ3n) is 5.23. The number of nitrogens with one attached hydrogen (secondary N) is 1. The van der Waals surface area contributed by atoms with Crippen LogP contribution < -0.4 is 5.32 Å². The summed E-state index contributed by atoms with van der Waals surface area (Å²) >= 11 is 0. The molecule has 31 heavy (non-hydrogen) atoms. The highest BCUT2D eigenvalue weighted by molar-refractivity contribution is 14.0. The van der Waals surface area contributed by atoms with Crippen molar-refractivity contribution in [1.29, 1.82) is 0 Å². The Morgan fingerprint density at radius 1 is 1.10 bits per heavy atom. The van der Waals surface area contributed by atoms with E-state index in [2.05, 4.69) is 50.7 Å². The van der Waals surface area contributed by atoms with Gasteiger partial charge in [0.1, 0.15) is 12.0 Å². The van der Waals surface area contributed by atoms with Gasteiger partial charge >= 0.3 is 0 Å². The lowest BCUT2D eigenvalue weighted by atomic mass is 10.1. The molecule has 1 aliphatic heterocycles. The molecule has 1 aromatic heterocycles. The summed E-state index contributed by atoms with van der Waals surface area (Å²) in [6.45, 7) is 2.64. The molecule has 2 aromatic carbocycles. The number of fused-ring (bicyclic) bond motifs is 1. The predicted molar refractivity (Wildman–Crippen MR) is 132 cm³/mol. The molecule has 166 valence electrons. The molecule has 0 radical (unpaired) electrons. The molecule has 1 fully saturated rings. The normalized spacial score (nSPS) is 15.6. The van der Waals surface area contributed by atoms with Crippen molar-refractivity contribution in [3.05, 3.63) is 66.1 Å². The Hall–Kier alpha value is -2.18. The van der Waals surface area contributed by atoms with Crippen molar-refractivity contribution < 1.29 is 12.9 Å². The van der Waals surface area contributed by atoms with E-state index in [1.807, 2.05) is 12.1 Å². The Morgan fingerprint density at radius 2 is 1.84 bits per heavy atom. The first-order valence-electron chi connectivity index (χ1n) is 9.85. The van der Waals surface area contributed by atoms with E-state index in [1.165, 1.54) is 26.9 Å². The summed E-state index contributed by atoms with van der Waals surface area (Å²) in [5.41, 5.74) is 1.59. The quantitative estimate of drug-likeness (QED) is 0.296. The fourth-order valence-corrected chi connectivity index (χ4v) is 5.06. The molecule has 1 N–H and O–H groups in total. The number of sulfonamides is 1. The topological polar surface area (TPSA) is 91.0 Å². The maximum Gasteiger partial charge on any atom is 0.220 e. The fourth-order valence-electron chi connectivity index (χ4n) is 3.63. The summed E-state index contributed by atoms with van der Waals surface area (Å²) in [6, 6.07) is 16.2. The van der Waals surface area contributed by atoms with Crippen LogP contribution in [0.3, 0.4) is 0 Å². The molecule has 4 rings (SSSR count). The van der Waals surface area contributed by atoms with E-state index in [4.69, 9.17) is 4.52 Å². The first-order chi connectivity index (χ1) is 14.5. The largest absolute Gasteiger partial charge is 0.364 e. The number of halogens is 1. The second kappa shape index (κ2) is 10.4. The van der Waals surface area contributed by atoms with Gasteiger partial charge in [-0.15, -0.1) is 24.0 Å². The van der Waals surface area contributed by atoms with E-state index < -0.39 is 10.0 Å². The molecule has 1 aliphatic rings. The van der Waals surface area contributed by atoms with E-state index >= 15 is 0 Å². The number of nitrogens with zero attached hydrogens (tertiary/aromatic N) is 4. The van der Waals surface area contributed by atoms with Crippen molar-refractivity contribution in [2.24, 2.45) is 4.99 Å². The van der Waals surface area contributed by atoms with Gasteiger partial charge in [0, 0.05) is 45.8 Å². The standard InChI is InChI=1S/C21H25N5O3S.HI/c1-22-21(23-15-17-6-7-18-4-2-3-5-19(18)14-17)25-9-11-26(12-10-25)30(27,28)16-20-8-13-29-24-20;/h2-8,13-14H,9-12,15-16H2,1H3,(H,22,23);1H.